The fourth-order valence-corrected chi connectivity index (χ4v) is 1.65. The largest absolute Gasteiger partial charge is 0.476 e. The molecule has 6 heteroatoms. The summed E-state index contributed by atoms with van der Waals surface area (Å²) in [6.07, 6.45) is 1.34. The number of nitrogens with two attached hydrogens (primary N) is 1. The van der Waals surface area contributed by atoms with E-state index in [1.807, 2.05) is 19.9 Å². The average molecular weight is 280 g/mol. The third kappa shape index (κ3) is 3.06. The Balaban J connectivity index is 2.33. The summed E-state index contributed by atoms with van der Waals surface area (Å²) < 4.78 is 11.0. The molecule has 2 aromatic rings. The Kier molecular flexibility index (Phi) is 4.06. The van der Waals surface area contributed by atoms with Crippen LogP contribution < -0.4 is 15.2 Å². The molecule has 5 nitrogen and oxygen atoms in total. The van der Waals surface area contributed by atoms with Gasteiger partial charge in [0.1, 0.15) is 12.1 Å². The smallest absolute Gasteiger partial charge is 0.249 e. The van der Waals surface area contributed by atoms with Gasteiger partial charge in [0.15, 0.2) is 5.69 Å². The van der Waals surface area contributed by atoms with Gasteiger partial charge in [-0.15, -0.1) is 0 Å². The highest BCUT2D eigenvalue weighted by atomic mass is 35.5. The Bertz CT molecular complexity index is 590. The van der Waals surface area contributed by atoms with Crippen LogP contribution in [0.4, 0.5) is 5.69 Å². The molecule has 0 saturated heterocycles. The SMILES string of the molecule is CCOc1ncnc(Oc2cc(Cl)ccc2C)c1N. The first kappa shape index (κ1) is 13.4. The molecule has 0 fully saturated rings. The first-order chi connectivity index (χ1) is 9.11. The molecule has 1 aromatic heterocycles. The van der Waals surface area contributed by atoms with E-state index in [1.165, 1.54) is 6.33 Å². The molecule has 100 valence electrons. The van der Waals surface area contributed by atoms with Gasteiger partial charge in [0.05, 0.1) is 6.61 Å². The minimum atomic E-state index is 0.254. The molecular weight excluding hydrogens is 266 g/mol. The molecule has 0 aliphatic rings. The monoisotopic (exact) mass is 279 g/mol. The van der Waals surface area contributed by atoms with Crippen LogP contribution in [0.1, 0.15) is 12.5 Å². The summed E-state index contributed by atoms with van der Waals surface area (Å²) in [6, 6.07) is 5.36. The van der Waals surface area contributed by atoms with Gasteiger partial charge in [-0.1, -0.05) is 17.7 Å². The van der Waals surface area contributed by atoms with Crippen molar-refractivity contribution in [1.82, 2.24) is 9.97 Å². The lowest BCUT2D eigenvalue weighted by atomic mass is 10.2. The molecule has 0 aliphatic carbocycles. The van der Waals surface area contributed by atoms with Crippen molar-refractivity contribution < 1.29 is 9.47 Å². The fourth-order valence-electron chi connectivity index (χ4n) is 1.49. The number of aryl methyl sites for hydroxylation is 1. The molecule has 0 amide bonds. The highest BCUT2D eigenvalue weighted by Crippen LogP contribution is 2.33. The maximum atomic E-state index is 5.94. The Morgan fingerprint density at radius 2 is 2.00 bits per heavy atom. The predicted octanol–water partition coefficient (Wildman–Crippen LogP) is 3.21. The van der Waals surface area contributed by atoms with E-state index < -0.39 is 0 Å². The van der Waals surface area contributed by atoms with Crippen LogP contribution in [0.5, 0.6) is 17.5 Å². The Morgan fingerprint density at radius 1 is 1.26 bits per heavy atom. The van der Waals surface area contributed by atoms with Crippen LogP contribution in [-0.4, -0.2) is 16.6 Å². The van der Waals surface area contributed by atoms with E-state index in [4.69, 9.17) is 26.8 Å². The second-order valence-corrected chi connectivity index (χ2v) is 4.28. The van der Waals surface area contributed by atoms with Gasteiger partial charge in [-0.2, -0.15) is 9.97 Å². The number of rotatable bonds is 4. The summed E-state index contributed by atoms with van der Waals surface area (Å²) in [5.41, 5.74) is 7.10. The second-order valence-electron chi connectivity index (χ2n) is 3.84. The predicted molar refractivity (Wildman–Crippen MR) is 73.9 cm³/mol. The number of ether oxygens (including phenoxy) is 2. The summed E-state index contributed by atoms with van der Waals surface area (Å²) >= 11 is 5.94. The van der Waals surface area contributed by atoms with Crippen molar-refractivity contribution in [2.45, 2.75) is 13.8 Å². The van der Waals surface area contributed by atoms with Gasteiger partial charge in [-0.25, -0.2) is 0 Å². The summed E-state index contributed by atoms with van der Waals surface area (Å²) in [6.45, 7) is 4.23. The van der Waals surface area contributed by atoms with Crippen LogP contribution in [-0.2, 0) is 0 Å². The van der Waals surface area contributed by atoms with Crippen molar-refractivity contribution in [3.8, 4) is 17.5 Å². The summed E-state index contributed by atoms with van der Waals surface area (Å²) in [4.78, 5) is 7.95. The second kappa shape index (κ2) is 5.75. The zero-order valence-corrected chi connectivity index (χ0v) is 11.4. The van der Waals surface area contributed by atoms with E-state index >= 15 is 0 Å². The number of anilines is 1. The molecule has 0 bridgehead atoms. The Labute approximate surface area is 116 Å². The fraction of sp³-hybridized carbons (Fsp3) is 0.231. The maximum absolute atomic E-state index is 5.94. The molecule has 0 radical (unpaired) electrons. The first-order valence-electron chi connectivity index (χ1n) is 5.79. The number of halogens is 1. The van der Waals surface area contributed by atoms with Crippen molar-refractivity contribution >= 4 is 17.3 Å². The molecule has 19 heavy (non-hydrogen) atoms. The quantitative estimate of drug-likeness (QED) is 0.930. The number of aromatic nitrogens is 2. The van der Waals surface area contributed by atoms with Crippen molar-refractivity contribution in [3.63, 3.8) is 0 Å². The molecule has 2 N–H and O–H groups in total. The zero-order valence-electron chi connectivity index (χ0n) is 10.7. The van der Waals surface area contributed by atoms with Crippen LogP contribution >= 0.6 is 11.6 Å². The topological polar surface area (TPSA) is 70.3 Å². The molecule has 2 rings (SSSR count). The molecular formula is C13H14ClN3O2. The normalized spacial score (nSPS) is 10.3. The third-order valence-corrected chi connectivity index (χ3v) is 2.68. The first-order valence-corrected chi connectivity index (χ1v) is 6.17. The van der Waals surface area contributed by atoms with E-state index in [0.29, 0.717) is 23.3 Å². The van der Waals surface area contributed by atoms with E-state index in [9.17, 15) is 0 Å². The number of benzene rings is 1. The van der Waals surface area contributed by atoms with E-state index in [-0.39, 0.29) is 11.6 Å². The van der Waals surface area contributed by atoms with Gasteiger partial charge in [0.25, 0.3) is 0 Å². The lowest BCUT2D eigenvalue weighted by Crippen LogP contribution is -2.03. The van der Waals surface area contributed by atoms with Crippen molar-refractivity contribution in [1.29, 1.82) is 0 Å². The lowest BCUT2D eigenvalue weighted by molar-refractivity contribution is 0.325. The number of hydrogen-bond donors (Lipinski definition) is 1. The third-order valence-electron chi connectivity index (χ3n) is 2.45. The van der Waals surface area contributed by atoms with Crippen LogP contribution in [0.2, 0.25) is 5.02 Å². The van der Waals surface area contributed by atoms with Crippen molar-refractivity contribution in [3.05, 3.63) is 35.1 Å². The van der Waals surface area contributed by atoms with Gasteiger partial charge in [0.2, 0.25) is 11.8 Å². The Morgan fingerprint density at radius 3 is 2.74 bits per heavy atom. The van der Waals surface area contributed by atoms with Crippen LogP contribution in [0.3, 0.4) is 0 Å². The minimum absolute atomic E-state index is 0.254. The molecule has 0 aliphatic heterocycles. The number of hydrogen-bond acceptors (Lipinski definition) is 5. The summed E-state index contributed by atoms with van der Waals surface area (Å²) in [5.74, 6) is 1.16. The molecule has 1 heterocycles. The molecule has 0 saturated carbocycles. The molecule has 0 spiro atoms. The summed E-state index contributed by atoms with van der Waals surface area (Å²) in [5, 5.41) is 0.582. The lowest BCUT2D eigenvalue weighted by Gasteiger charge is -2.11. The standard InChI is InChI=1S/C13H14ClN3O2/c1-3-18-12-11(15)13(17-7-16-12)19-10-6-9(14)5-4-8(10)2/h4-7H,3,15H2,1-2H3. The number of nitrogen functional groups attached to an aromatic ring is 1. The average Bonchev–Trinajstić information content (AvgIpc) is 2.39. The van der Waals surface area contributed by atoms with Gasteiger partial charge < -0.3 is 15.2 Å². The van der Waals surface area contributed by atoms with Gasteiger partial charge >= 0.3 is 0 Å². The highest BCUT2D eigenvalue weighted by molar-refractivity contribution is 6.30. The van der Waals surface area contributed by atoms with Crippen LogP contribution in [0.15, 0.2) is 24.5 Å². The Hall–Kier alpha value is -2.01. The van der Waals surface area contributed by atoms with Crippen LogP contribution in [0.25, 0.3) is 0 Å². The van der Waals surface area contributed by atoms with Gasteiger partial charge in [-0.05, 0) is 31.5 Å². The van der Waals surface area contributed by atoms with Crippen molar-refractivity contribution in [2.75, 3.05) is 12.3 Å². The maximum Gasteiger partial charge on any atom is 0.249 e. The number of nitrogens with zero attached hydrogens (tertiary/aromatic N) is 2. The van der Waals surface area contributed by atoms with E-state index in [2.05, 4.69) is 9.97 Å². The van der Waals surface area contributed by atoms with Crippen molar-refractivity contribution in [2.24, 2.45) is 0 Å². The summed E-state index contributed by atoms with van der Waals surface area (Å²) in [7, 11) is 0. The van der Waals surface area contributed by atoms with Gasteiger partial charge in [-0.3, -0.25) is 0 Å². The van der Waals surface area contributed by atoms with E-state index in [0.717, 1.165) is 5.56 Å². The minimum Gasteiger partial charge on any atom is -0.476 e. The molecule has 0 unspecified atom stereocenters. The van der Waals surface area contributed by atoms with Crippen LogP contribution in [0, 0.1) is 6.92 Å². The zero-order chi connectivity index (χ0) is 13.8. The molecule has 1 aromatic carbocycles. The molecule has 0 atom stereocenters. The highest BCUT2D eigenvalue weighted by Gasteiger charge is 2.12. The van der Waals surface area contributed by atoms with E-state index in [1.54, 1.807) is 12.1 Å². The van der Waals surface area contributed by atoms with Gasteiger partial charge in [0, 0.05) is 5.02 Å².